The lowest BCUT2D eigenvalue weighted by molar-refractivity contribution is -0.136. The molecule has 1 unspecified atom stereocenters. The third-order valence-electron chi connectivity index (χ3n) is 4.81. The van der Waals surface area contributed by atoms with Crippen molar-refractivity contribution in [1.29, 1.82) is 0 Å². The summed E-state index contributed by atoms with van der Waals surface area (Å²) in [5.41, 5.74) is 0. The Morgan fingerprint density at radius 2 is 1.88 bits per heavy atom. The van der Waals surface area contributed by atoms with Crippen LogP contribution in [-0.4, -0.2) is 72.3 Å². The highest BCUT2D eigenvalue weighted by molar-refractivity contribution is 7.19. The summed E-state index contributed by atoms with van der Waals surface area (Å²) in [4.78, 5) is 30.3. The third kappa shape index (κ3) is 2.86. The van der Waals surface area contributed by atoms with Gasteiger partial charge in [-0.15, -0.1) is 10.2 Å². The number of hydrogen-bond acceptors (Lipinski definition) is 7. The van der Waals surface area contributed by atoms with Crippen LogP contribution in [0, 0.1) is 0 Å². The van der Waals surface area contributed by atoms with E-state index in [0.29, 0.717) is 44.4 Å². The average Bonchev–Trinajstić information content (AvgIpc) is 3.34. The summed E-state index contributed by atoms with van der Waals surface area (Å²) in [5.74, 6) is 0.268. The molecule has 0 aliphatic carbocycles. The Morgan fingerprint density at radius 3 is 2.62 bits per heavy atom. The second-order valence-electron chi connectivity index (χ2n) is 6.31. The summed E-state index contributed by atoms with van der Waals surface area (Å²) in [6, 6.07) is -0.168. The molecule has 3 saturated heterocycles. The maximum absolute atomic E-state index is 12.8. The zero-order valence-corrected chi connectivity index (χ0v) is 14.3. The smallest absolute Gasteiger partial charge is 0.245 e. The average molecular weight is 351 g/mol. The van der Waals surface area contributed by atoms with E-state index in [2.05, 4.69) is 15.1 Å². The Bertz CT molecular complexity index is 630. The predicted molar refractivity (Wildman–Crippen MR) is 89.3 cm³/mol. The number of ether oxygens (including phenoxy) is 1. The number of carbonyl (C=O) groups is 2. The van der Waals surface area contributed by atoms with E-state index < -0.39 is 0 Å². The number of carbonyl (C=O) groups excluding carboxylic acids is 2. The molecule has 130 valence electrons. The van der Waals surface area contributed by atoms with Crippen molar-refractivity contribution < 1.29 is 14.3 Å². The first-order chi connectivity index (χ1) is 11.7. The van der Waals surface area contributed by atoms with Crippen LogP contribution in [0.1, 0.15) is 25.7 Å². The summed E-state index contributed by atoms with van der Waals surface area (Å²) < 4.78 is 5.33. The van der Waals surface area contributed by atoms with Gasteiger partial charge in [0.05, 0.1) is 13.2 Å². The topological polar surface area (TPSA) is 78.9 Å². The van der Waals surface area contributed by atoms with E-state index in [9.17, 15) is 9.59 Å². The van der Waals surface area contributed by atoms with Crippen LogP contribution >= 0.6 is 11.3 Å². The van der Waals surface area contributed by atoms with Gasteiger partial charge in [-0.3, -0.25) is 14.5 Å². The molecule has 3 aliphatic rings. The summed E-state index contributed by atoms with van der Waals surface area (Å²) >= 11 is 1.41. The van der Waals surface area contributed by atoms with Gasteiger partial charge in [-0.05, 0) is 19.3 Å². The molecule has 24 heavy (non-hydrogen) atoms. The lowest BCUT2D eigenvalue weighted by Crippen LogP contribution is -2.49. The fourth-order valence-corrected chi connectivity index (χ4v) is 4.50. The molecule has 3 aliphatic heterocycles. The van der Waals surface area contributed by atoms with E-state index in [4.69, 9.17) is 4.74 Å². The van der Waals surface area contributed by atoms with Crippen LogP contribution in [0.2, 0.25) is 0 Å². The Kier molecular flexibility index (Phi) is 4.36. The molecule has 0 N–H and O–H groups in total. The van der Waals surface area contributed by atoms with Gasteiger partial charge < -0.3 is 14.5 Å². The number of rotatable bonds is 3. The van der Waals surface area contributed by atoms with Crippen LogP contribution in [0.25, 0.3) is 0 Å². The lowest BCUT2D eigenvalue weighted by Gasteiger charge is -2.32. The SMILES string of the molecule is O=C(C1CCCN1c1nnc(N2CCCC2=O)s1)N1CCOCC1. The highest BCUT2D eigenvalue weighted by Gasteiger charge is 2.36. The molecular formula is C15H21N5O3S. The zero-order valence-electron chi connectivity index (χ0n) is 13.5. The van der Waals surface area contributed by atoms with Gasteiger partial charge in [0.25, 0.3) is 0 Å². The Morgan fingerprint density at radius 1 is 1.08 bits per heavy atom. The maximum Gasteiger partial charge on any atom is 0.245 e. The molecule has 0 radical (unpaired) electrons. The molecular weight excluding hydrogens is 330 g/mol. The highest BCUT2D eigenvalue weighted by atomic mass is 32.1. The van der Waals surface area contributed by atoms with E-state index in [0.717, 1.165) is 30.9 Å². The van der Waals surface area contributed by atoms with Crippen molar-refractivity contribution in [3.63, 3.8) is 0 Å². The Hall–Kier alpha value is -1.74. The van der Waals surface area contributed by atoms with Crippen molar-refractivity contribution in [2.24, 2.45) is 0 Å². The molecule has 1 atom stereocenters. The normalized spacial score (nSPS) is 24.9. The minimum atomic E-state index is -0.168. The summed E-state index contributed by atoms with van der Waals surface area (Å²) in [6.45, 7) is 4.06. The molecule has 1 aromatic heterocycles. The molecule has 4 rings (SSSR count). The number of morpholine rings is 1. The molecule has 3 fully saturated rings. The van der Waals surface area contributed by atoms with Gasteiger partial charge >= 0.3 is 0 Å². The van der Waals surface area contributed by atoms with Crippen molar-refractivity contribution in [3.05, 3.63) is 0 Å². The van der Waals surface area contributed by atoms with Gasteiger partial charge in [-0.25, -0.2) is 0 Å². The van der Waals surface area contributed by atoms with E-state index in [-0.39, 0.29) is 17.9 Å². The first-order valence-electron chi connectivity index (χ1n) is 8.51. The van der Waals surface area contributed by atoms with Gasteiger partial charge in [0, 0.05) is 32.6 Å². The highest BCUT2D eigenvalue weighted by Crippen LogP contribution is 2.34. The largest absolute Gasteiger partial charge is 0.378 e. The standard InChI is InChI=1S/C15H21N5O3S/c21-12-4-2-6-20(12)15-17-16-14(24-15)19-5-1-3-11(19)13(22)18-7-9-23-10-8-18/h11H,1-10H2. The Balaban J connectivity index is 1.49. The molecule has 0 aromatic carbocycles. The monoisotopic (exact) mass is 351 g/mol. The Labute approximate surface area is 144 Å². The molecule has 1 aromatic rings. The lowest BCUT2D eigenvalue weighted by atomic mass is 10.2. The van der Waals surface area contributed by atoms with Crippen molar-refractivity contribution in [2.45, 2.75) is 31.7 Å². The number of hydrogen-bond donors (Lipinski definition) is 0. The number of nitrogens with zero attached hydrogens (tertiary/aromatic N) is 5. The van der Waals surface area contributed by atoms with Gasteiger partial charge in [-0.2, -0.15) is 0 Å². The molecule has 4 heterocycles. The van der Waals surface area contributed by atoms with Crippen molar-refractivity contribution in [1.82, 2.24) is 15.1 Å². The molecule has 0 bridgehead atoms. The van der Waals surface area contributed by atoms with Crippen LogP contribution in [-0.2, 0) is 14.3 Å². The van der Waals surface area contributed by atoms with Gasteiger partial charge in [0.1, 0.15) is 6.04 Å². The minimum absolute atomic E-state index is 0.111. The van der Waals surface area contributed by atoms with Crippen LogP contribution in [0.3, 0.4) is 0 Å². The van der Waals surface area contributed by atoms with E-state index >= 15 is 0 Å². The first-order valence-corrected chi connectivity index (χ1v) is 9.33. The number of aromatic nitrogens is 2. The second kappa shape index (κ2) is 6.64. The predicted octanol–water partition coefficient (Wildman–Crippen LogP) is 0.492. The quantitative estimate of drug-likeness (QED) is 0.789. The maximum atomic E-state index is 12.8. The molecule has 2 amide bonds. The van der Waals surface area contributed by atoms with Crippen LogP contribution < -0.4 is 9.80 Å². The molecule has 9 heteroatoms. The van der Waals surface area contributed by atoms with Crippen molar-refractivity contribution in [3.8, 4) is 0 Å². The van der Waals surface area contributed by atoms with Crippen molar-refractivity contribution in [2.75, 3.05) is 49.2 Å². The van der Waals surface area contributed by atoms with Gasteiger partial charge in [-0.1, -0.05) is 11.3 Å². The fourth-order valence-electron chi connectivity index (χ4n) is 3.53. The van der Waals surface area contributed by atoms with Crippen LogP contribution in [0.4, 0.5) is 10.3 Å². The van der Waals surface area contributed by atoms with Gasteiger partial charge in [0.2, 0.25) is 22.1 Å². The first kappa shape index (κ1) is 15.8. The third-order valence-corrected chi connectivity index (χ3v) is 5.80. The van der Waals surface area contributed by atoms with Crippen LogP contribution in [0.15, 0.2) is 0 Å². The zero-order chi connectivity index (χ0) is 16.5. The van der Waals surface area contributed by atoms with E-state index in [1.54, 1.807) is 4.90 Å². The summed E-state index contributed by atoms with van der Waals surface area (Å²) in [7, 11) is 0. The number of anilines is 2. The van der Waals surface area contributed by atoms with Gasteiger partial charge in [0.15, 0.2) is 0 Å². The molecule has 0 spiro atoms. The summed E-state index contributed by atoms with van der Waals surface area (Å²) in [6.07, 6.45) is 3.26. The van der Waals surface area contributed by atoms with E-state index in [1.165, 1.54) is 11.3 Å². The van der Waals surface area contributed by atoms with E-state index in [1.807, 2.05) is 4.90 Å². The minimum Gasteiger partial charge on any atom is -0.378 e. The number of amides is 2. The van der Waals surface area contributed by atoms with Crippen molar-refractivity contribution >= 4 is 33.4 Å². The molecule has 0 saturated carbocycles. The summed E-state index contributed by atoms with van der Waals surface area (Å²) in [5, 5.41) is 9.84. The second-order valence-corrected chi connectivity index (χ2v) is 7.24. The van der Waals surface area contributed by atoms with Crippen LogP contribution in [0.5, 0.6) is 0 Å². The fraction of sp³-hybridized carbons (Fsp3) is 0.733. The molecule has 8 nitrogen and oxygen atoms in total.